The Morgan fingerprint density at radius 1 is 1.75 bits per heavy atom. The topological polar surface area (TPSA) is 41.8 Å². The number of hydrogen-bond acceptors (Lipinski definition) is 3. The lowest BCUT2D eigenvalue weighted by Gasteiger charge is -1.94. The van der Waals surface area contributed by atoms with Crippen LogP contribution in [-0.4, -0.2) is 17.0 Å². The molecule has 1 rings (SSSR count). The molecule has 0 amide bonds. The van der Waals surface area contributed by atoms with Crippen LogP contribution in [0.25, 0.3) is 0 Å². The fraction of sp³-hybridized carbons (Fsp3) is 0.250. The summed E-state index contributed by atoms with van der Waals surface area (Å²) in [5.74, 6) is -0.0664. The molecule has 0 unspecified atom stereocenters. The van der Waals surface area contributed by atoms with Gasteiger partial charge < -0.3 is 0 Å². The van der Waals surface area contributed by atoms with Gasteiger partial charge in [0.2, 0.25) is 0 Å². The Kier molecular flexibility index (Phi) is 1.43. The third-order valence-electron chi connectivity index (χ3n) is 0.760. The molecule has 0 N–H and O–H groups in total. The van der Waals surface area contributed by atoms with Crippen LogP contribution in [0.1, 0.15) is 6.42 Å². The zero-order chi connectivity index (χ0) is 5.98. The van der Waals surface area contributed by atoms with Crippen molar-refractivity contribution in [1.29, 1.82) is 0 Å². The molecule has 0 spiro atoms. The van der Waals surface area contributed by atoms with Crippen molar-refractivity contribution in [3.8, 4) is 0 Å². The van der Waals surface area contributed by atoms with Crippen LogP contribution < -0.4 is 0 Å². The third kappa shape index (κ3) is 0.949. The summed E-state index contributed by atoms with van der Waals surface area (Å²) < 4.78 is 0. The molecule has 0 radical (unpaired) electrons. The second-order valence-electron chi connectivity index (χ2n) is 1.35. The van der Waals surface area contributed by atoms with Crippen molar-refractivity contribution in [3.63, 3.8) is 0 Å². The van der Waals surface area contributed by atoms with E-state index < -0.39 is 0 Å². The SMILES string of the molecule is O=C1CC=NN=C1S. The van der Waals surface area contributed by atoms with Gasteiger partial charge in [-0.05, 0) is 0 Å². The van der Waals surface area contributed by atoms with Crippen molar-refractivity contribution in [2.75, 3.05) is 0 Å². The molecule has 0 saturated heterocycles. The van der Waals surface area contributed by atoms with Crippen LogP contribution in [0.5, 0.6) is 0 Å². The predicted molar refractivity (Wildman–Crippen MR) is 34.5 cm³/mol. The summed E-state index contributed by atoms with van der Waals surface area (Å²) in [6.07, 6.45) is 1.80. The summed E-state index contributed by atoms with van der Waals surface area (Å²) >= 11 is 3.74. The van der Waals surface area contributed by atoms with Gasteiger partial charge in [0.15, 0.2) is 10.8 Å². The van der Waals surface area contributed by atoms with E-state index in [1.54, 1.807) is 0 Å². The van der Waals surface area contributed by atoms with Crippen LogP contribution in [0, 0.1) is 0 Å². The first-order valence-electron chi connectivity index (χ1n) is 2.12. The van der Waals surface area contributed by atoms with Crippen LogP contribution in [0.4, 0.5) is 0 Å². The largest absolute Gasteiger partial charge is 0.291 e. The lowest BCUT2D eigenvalue weighted by molar-refractivity contribution is -0.111. The Morgan fingerprint density at radius 2 is 2.50 bits per heavy atom. The number of carbonyl (C=O) groups excluding carboxylic acids is 1. The van der Waals surface area contributed by atoms with Gasteiger partial charge in [-0.15, -0.1) is 17.7 Å². The highest BCUT2D eigenvalue weighted by Gasteiger charge is 2.07. The average Bonchev–Trinajstić information content (AvgIpc) is 1.77. The van der Waals surface area contributed by atoms with E-state index >= 15 is 0 Å². The summed E-state index contributed by atoms with van der Waals surface area (Å²) in [5, 5.41) is 7.09. The van der Waals surface area contributed by atoms with Gasteiger partial charge in [-0.3, -0.25) is 4.79 Å². The first-order chi connectivity index (χ1) is 3.80. The number of Topliss-reactive ketones (excluding diaryl/α,β-unsaturated/α-hetero) is 1. The Labute approximate surface area is 51.9 Å². The highest BCUT2D eigenvalue weighted by Crippen LogP contribution is 1.96. The zero-order valence-electron chi connectivity index (χ0n) is 4.03. The molecule has 0 aromatic heterocycles. The molecule has 8 heavy (non-hydrogen) atoms. The predicted octanol–water partition coefficient (Wildman–Crippen LogP) is 0.273. The van der Waals surface area contributed by atoms with Crippen molar-refractivity contribution >= 4 is 29.7 Å². The molecule has 1 aliphatic heterocycles. The lowest BCUT2D eigenvalue weighted by atomic mass is 10.3. The van der Waals surface area contributed by atoms with Crippen molar-refractivity contribution in [1.82, 2.24) is 0 Å². The number of hydrogen-bond donors (Lipinski definition) is 1. The molecular weight excluding hydrogens is 124 g/mol. The molecule has 3 nitrogen and oxygen atoms in total. The minimum atomic E-state index is -0.0664. The summed E-state index contributed by atoms with van der Waals surface area (Å²) in [6, 6.07) is 0. The van der Waals surface area contributed by atoms with Crippen LogP contribution in [0.3, 0.4) is 0 Å². The Balaban J connectivity index is 2.80. The second-order valence-corrected chi connectivity index (χ2v) is 1.77. The Hall–Kier alpha value is -0.640. The molecule has 42 valence electrons. The van der Waals surface area contributed by atoms with Gasteiger partial charge in [-0.1, -0.05) is 0 Å². The van der Waals surface area contributed by atoms with Crippen LogP contribution >= 0.6 is 12.6 Å². The summed E-state index contributed by atoms with van der Waals surface area (Å²) in [4.78, 5) is 10.5. The maximum absolute atomic E-state index is 10.5. The lowest BCUT2D eigenvalue weighted by Crippen LogP contribution is -2.10. The van der Waals surface area contributed by atoms with E-state index in [-0.39, 0.29) is 10.8 Å². The molecule has 0 aromatic carbocycles. The maximum Gasteiger partial charge on any atom is 0.194 e. The maximum atomic E-state index is 10.5. The van der Waals surface area contributed by atoms with E-state index in [0.717, 1.165) is 0 Å². The minimum Gasteiger partial charge on any atom is -0.291 e. The van der Waals surface area contributed by atoms with E-state index in [1.807, 2.05) is 0 Å². The molecule has 1 aliphatic rings. The molecule has 0 atom stereocenters. The summed E-state index contributed by atoms with van der Waals surface area (Å²) in [6.45, 7) is 0. The summed E-state index contributed by atoms with van der Waals surface area (Å²) in [5.41, 5.74) is 0. The second kappa shape index (κ2) is 2.09. The van der Waals surface area contributed by atoms with Gasteiger partial charge in [-0.2, -0.15) is 5.10 Å². The van der Waals surface area contributed by atoms with E-state index in [0.29, 0.717) is 6.42 Å². The van der Waals surface area contributed by atoms with E-state index in [9.17, 15) is 4.79 Å². The van der Waals surface area contributed by atoms with Gasteiger partial charge in [0.25, 0.3) is 0 Å². The van der Waals surface area contributed by atoms with Crippen LogP contribution in [0.15, 0.2) is 10.2 Å². The molecule has 0 saturated carbocycles. The third-order valence-corrected chi connectivity index (χ3v) is 1.10. The first-order valence-corrected chi connectivity index (χ1v) is 2.57. The molecule has 0 aliphatic carbocycles. The van der Waals surface area contributed by atoms with Gasteiger partial charge >= 0.3 is 0 Å². The monoisotopic (exact) mass is 128 g/mol. The van der Waals surface area contributed by atoms with Gasteiger partial charge in [0, 0.05) is 6.21 Å². The van der Waals surface area contributed by atoms with Gasteiger partial charge in [0.05, 0.1) is 6.42 Å². The molecule has 0 fully saturated rings. The number of carbonyl (C=O) groups is 1. The molecule has 1 heterocycles. The Morgan fingerprint density at radius 3 is 2.88 bits per heavy atom. The standard InChI is InChI=1S/C4H4N2OS/c7-3-1-2-5-6-4(3)8/h2H,1H2,(H,6,8). The Bertz CT molecular complexity index is 173. The number of thiol groups is 1. The normalized spacial score (nSPS) is 18.6. The number of rotatable bonds is 0. The average molecular weight is 128 g/mol. The number of ketones is 1. The van der Waals surface area contributed by atoms with Crippen LogP contribution in [0.2, 0.25) is 0 Å². The quantitative estimate of drug-likeness (QED) is 0.467. The van der Waals surface area contributed by atoms with Crippen molar-refractivity contribution in [2.24, 2.45) is 10.2 Å². The zero-order valence-corrected chi connectivity index (χ0v) is 4.93. The van der Waals surface area contributed by atoms with Gasteiger partial charge in [-0.25, -0.2) is 0 Å². The van der Waals surface area contributed by atoms with Gasteiger partial charge in [0.1, 0.15) is 0 Å². The van der Waals surface area contributed by atoms with E-state index in [4.69, 9.17) is 0 Å². The van der Waals surface area contributed by atoms with Crippen molar-refractivity contribution in [3.05, 3.63) is 0 Å². The fourth-order valence-electron chi connectivity index (χ4n) is 0.366. The van der Waals surface area contributed by atoms with Crippen molar-refractivity contribution in [2.45, 2.75) is 6.42 Å². The molecule has 0 bridgehead atoms. The van der Waals surface area contributed by atoms with E-state index in [1.165, 1.54) is 6.21 Å². The highest BCUT2D eigenvalue weighted by molar-refractivity contribution is 7.99. The molecule has 4 heteroatoms. The smallest absolute Gasteiger partial charge is 0.194 e. The fourth-order valence-corrected chi connectivity index (χ4v) is 0.509. The molecule has 0 aromatic rings. The highest BCUT2D eigenvalue weighted by atomic mass is 32.1. The number of nitrogens with zero attached hydrogens (tertiary/aromatic N) is 2. The molecular formula is C4H4N2OS. The van der Waals surface area contributed by atoms with Crippen molar-refractivity contribution < 1.29 is 4.79 Å². The van der Waals surface area contributed by atoms with E-state index in [2.05, 4.69) is 22.8 Å². The first kappa shape index (κ1) is 5.50. The summed E-state index contributed by atoms with van der Waals surface area (Å²) in [7, 11) is 0. The minimum absolute atomic E-state index is 0.0664. The van der Waals surface area contributed by atoms with Crippen LogP contribution in [-0.2, 0) is 4.79 Å².